The molecular weight excluding hydrogens is 428 g/mol. The van der Waals surface area contributed by atoms with Gasteiger partial charge in [0.15, 0.2) is 11.6 Å². The summed E-state index contributed by atoms with van der Waals surface area (Å²) in [5.74, 6) is -1.65. The van der Waals surface area contributed by atoms with Gasteiger partial charge in [0.05, 0.1) is 6.54 Å². The predicted molar refractivity (Wildman–Crippen MR) is 128 cm³/mol. The van der Waals surface area contributed by atoms with Crippen molar-refractivity contribution < 1.29 is 14.4 Å². The molecule has 174 valence electrons. The minimum absolute atomic E-state index is 0.0534. The number of ketones is 2. The minimum Gasteiger partial charge on any atom is -0.348 e. The molecule has 0 spiro atoms. The first kappa shape index (κ1) is 23.4. The Bertz CT molecular complexity index is 1070. The molecule has 0 radical (unpaired) electrons. The number of likely N-dealkylation sites (tertiary alicyclic amines) is 1. The van der Waals surface area contributed by atoms with E-state index < -0.39 is 17.8 Å². The number of carbonyl (C=O) groups excluding carboxylic acids is 3. The fraction of sp³-hybridized carbons (Fsp3) is 0.296. The van der Waals surface area contributed by atoms with E-state index in [0.717, 1.165) is 5.56 Å². The van der Waals surface area contributed by atoms with Gasteiger partial charge in [-0.1, -0.05) is 60.7 Å². The Morgan fingerprint density at radius 3 is 1.74 bits per heavy atom. The number of aromatic nitrogens is 2. The van der Waals surface area contributed by atoms with Crippen LogP contribution in [0.25, 0.3) is 0 Å². The van der Waals surface area contributed by atoms with Crippen molar-refractivity contribution in [3.05, 3.63) is 96.1 Å². The second kappa shape index (κ2) is 10.5. The molecule has 1 aliphatic heterocycles. The van der Waals surface area contributed by atoms with E-state index in [0.29, 0.717) is 24.2 Å². The highest BCUT2D eigenvalue weighted by Crippen LogP contribution is 2.40. The number of Topliss-reactive ketones (excluding diaryl/α,β-unsaturated/α-hetero) is 2. The lowest BCUT2D eigenvalue weighted by Gasteiger charge is -2.42. The molecule has 7 heteroatoms. The zero-order chi connectivity index (χ0) is 24.1. The number of likely N-dealkylation sites (N-methyl/N-ethyl adjacent to an activating group) is 1. The molecule has 3 aromatic rings. The molecule has 0 N–H and O–H groups in total. The van der Waals surface area contributed by atoms with Crippen LogP contribution in [0.2, 0.25) is 0 Å². The second-order valence-corrected chi connectivity index (χ2v) is 8.85. The van der Waals surface area contributed by atoms with E-state index in [9.17, 15) is 14.4 Å². The van der Waals surface area contributed by atoms with E-state index in [1.54, 1.807) is 50.8 Å². The molecule has 1 amide bonds. The Balaban J connectivity index is 1.78. The Labute approximate surface area is 199 Å². The number of amides is 1. The van der Waals surface area contributed by atoms with Gasteiger partial charge in [0.2, 0.25) is 5.91 Å². The van der Waals surface area contributed by atoms with Crippen molar-refractivity contribution in [1.82, 2.24) is 19.8 Å². The molecule has 34 heavy (non-hydrogen) atoms. The average molecular weight is 457 g/mol. The van der Waals surface area contributed by atoms with Crippen molar-refractivity contribution in [2.75, 3.05) is 33.7 Å². The van der Waals surface area contributed by atoms with Gasteiger partial charge in [0.1, 0.15) is 6.33 Å². The van der Waals surface area contributed by atoms with Crippen LogP contribution in [-0.4, -0.2) is 71.0 Å². The SMILES string of the molecule is CN(C)C(=O)CN1CC(C(=O)c2ccccc2)C(c2cncnc2)C(C(=O)c2ccccc2)C1. The van der Waals surface area contributed by atoms with Crippen molar-refractivity contribution in [2.24, 2.45) is 11.8 Å². The highest BCUT2D eigenvalue weighted by molar-refractivity contribution is 6.02. The van der Waals surface area contributed by atoms with Crippen molar-refractivity contribution in [3.8, 4) is 0 Å². The maximum absolute atomic E-state index is 13.8. The third kappa shape index (κ3) is 5.10. The number of hydrogen-bond acceptors (Lipinski definition) is 6. The van der Waals surface area contributed by atoms with Crippen LogP contribution in [0.3, 0.4) is 0 Å². The van der Waals surface area contributed by atoms with Crippen LogP contribution >= 0.6 is 0 Å². The van der Waals surface area contributed by atoms with Gasteiger partial charge in [-0.2, -0.15) is 0 Å². The molecule has 2 heterocycles. The van der Waals surface area contributed by atoms with Gasteiger partial charge in [-0.25, -0.2) is 9.97 Å². The van der Waals surface area contributed by atoms with Crippen LogP contribution in [-0.2, 0) is 4.79 Å². The Hall–Kier alpha value is -3.71. The lowest BCUT2D eigenvalue weighted by molar-refractivity contribution is -0.130. The second-order valence-electron chi connectivity index (χ2n) is 8.85. The van der Waals surface area contributed by atoms with Crippen LogP contribution in [0.15, 0.2) is 79.4 Å². The molecule has 2 unspecified atom stereocenters. The van der Waals surface area contributed by atoms with Gasteiger partial charge in [-0.05, 0) is 5.56 Å². The maximum atomic E-state index is 13.8. The van der Waals surface area contributed by atoms with Crippen LogP contribution in [0, 0.1) is 11.8 Å². The van der Waals surface area contributed by atoms with Crippen molar-refractivity contribution >= 4 is 17.5 Å². The topological polar surface area (TPSA) is 83.5 Å². The summed E-state index contributed by atoms with van der Waals surface area (Å²) in [6.45, 7) is 0.874. The number of rotatable bonds is 7. The zero-order valence-corrected chi connectivity index (χ0v) is 19.4. The number of carbonyl (C=O) groups is 3. The normalized spacial score (nSPS) is 20.5. The molecule has 2 aromatic carbocycles. The summed E-state index contributed by atoms with van der Waals surface area (Å²) in [6.07, 6.45) is 4.82. The molecular formula is C27H28N4O3. The molecule has 1 aliphatic rings. The Kier molecular flexibility index (Phi) is 7.23. The van der Waals surface area contributed by atoms with Crippen LogP contribution in [0.5, 0.6) is 0 Å². The highest BCUT2D eigenvalue weighted by atomic mass is 16.2. The Morgan fingerprint density at radius 2 is 1.29 bits per heavy atom. The summed E-state index contributed by atoms with van der Waals surface area (Å²) >= 11 is 0. The van der Waals surface area contributed by atoms with E-state index in [1.165, 1.54) is 11.2 Å². The van der Waals surface area contributed by atoms with Gasteiger partial charge < -0.3 is 4.90 Å². The minimum atomic E-state index is -0.533. The molecule has 1 aromatic heterocycles. The largest absolute Gasteiger partial charge is 0.348 e. The molecule has 2 atom stereocenters. The molecule has 0 saturated carbocycles. The first-order valence-electron chi connectivity index (χ1n) is 11.3. The van der Waals surface area contributed by atoms with Gasteiger partial charge in [0.25, 0.3) is 0 Å². The first-order valence-corrected chi connectivity index (χ1v) is 11.3. The number of nitrogens with zero attached hydrogens (tertiary/aromatic N) is 4. The summed E-state index contributed by atoms with van der Waals surface area (Å²) in [5, 5.41) is 0. The quantitative estimate of drug-likeness (QED) is 0.509. The fourth-order valence-corrected chi connectivity index (χ4v) is 4.67. The van der Waals surface area contributed by atoms with E-state index >= 15 is 0 Å². The summed E-state index contributed by atoms with van der Waals surface area (Å²) in [7, 11) is 3.41. The van der Waals surface area contributed by atoms with Crippen LogP contribution in [0.4, 0.5) is 0 Å². The smallest absolute Gasteiger partial charge is 0.236 e. The summed E-state index contributed by atoms with van der Waals surface area (Å²) in [6, 6.07) is 18.2. The summed E-state index contributed by atoms with van der Waals surface area (Å²) in [4.78, 5) is 51.9. The van der Waals surface area contributed by atoms with Gasteiger partial charge in [-0.15, -0.1) is 0 Å². The third-order valence-corrected chi connectivity index (χ3v) is 6.39. The van der Waals surface area contributed by atoms with Gasteiger partial charge in [-0.3, -0.25) is 19.3 Å². The van der Waals surface area contributed by atoms with Gasteiger partial charge in [0, 0.05) is 68.5 Å². The van der Waals surface area contributed by atoms with Gasteiger partial charge >= 0.3 is 0 Å². The lowest BCUT2D eigenvalue weighted by Crippen LogP contribution is -2.52. The molecule has 4 rings (SSSR count). The molecule has 0 aliphatic carbocycles. The monoisotopic (exact) mass is 456 g/mol. The third-order valence-electron chi connectivity index (χ3n) is 6.39. The Morgan fingerprint density at radius 1 is 0.824 bits per heavy atom. The summed E-state index contributed by atoms with van der Waals surface area (Å²) < 4.78 is 0. The van der Waals surface area contributed by atoms with Crippen molar-refractivity contribution in [2.45, 2.75) is 5.92 Å². The maximum Gasteiger partial charge on any atom is 0.236 e. The molecule has 1 saturated heterocycles. The van der Waals surface area contributed by atoms with Crippen LogP contribution < -0.4 is 0 Å². The number of benzene rings is 2. The number of hydrogen-bond donors (Lipinski definition) is 0. The van der Waals surface area contributed by atoms with Crippen molar-refractivity contribution in [1.29, 1.82) is 0 Å². The van der Waals surface area contributed by atoms with E-state index in [1.807, 2.05) is 41.3 Å². The van der Waals surface area contributed by atoms with E-state index in [-0.39, 0.29) is 24.0 Å². The highest BCUT2D eigenvalue weighted by Gasteiger charge is 2.45. The zero-order valence-electron chi connectivity index (χ0n) is 19.4. The lowest BCUT2D eigenvalue weighted by atomic mass is 9.69. The predicted octanol–water partition coefficient (Wildman–Crippen LogP) is 2.96. The number of piperidine rings is 1. The van der Waals surface area contributed by atoms with Crippen molar-refractivity contribution in [3.63, 3.8) is 0 Å². The van der Waals surface area contributed by atoms with E-state index in [2.05, 4.69) is 9.97 Å². The van der Waals surface area contributed by atoms with Crippen LogP contribution in [0.1, 0.15) is 32.2 Å². The molecule has 0 bridgehead atoms. The molecule has 7 nitrogen and oxygen atoms in total. The molecule has 1 fully saturated rings. The first-order chi connectivity index (χ1) is 16.5. The average Bonchev–Trinajstić information content (AvgIpc) is 2.88. The van der Waals surface area contributed by atoms with E-state index in [4.69, 9.17) is 0 Å². The summed E-state index contributed by atoms with van der Waals surface area (Å²) in [5.41, 5.74) is 1.92. The fourth-order valence-electron chi connectivity index (χ4n) is 4.67. The standard InChI is InChI=1S/C27H28N4O3/c1-30(2)24(32)17-31-15-22(26(33)19-9-5-3-6-10-19)25(21-13-28-18-29-14-21)23(16-31)27(34)20-11-7-4-8-12-20/h3-14,18,22-23,25H,15-17H2,1-2H3.